The van der Waals surface area contributed by atoms with E-state index >= 15 is 0 Å². The molecule has 1 aromatic heterocycles. The number of amides is 1. The van der Waals surface area contributed by atoms with Crippen molar-refractivity contribution in [3.8, 4) is 0 Å². The molecule has 2 saturated heterocycles. The van der Waals surface area contributed by atoms with Gasteiger partial charge in [-0.15, -0.1) is 12.4 Å². The van der Waals surface area contributed by atoms with Gasteiger partial charge < -0.3 is 10.2 Å². The third-order valence-corrected chi connectivity index (χ3v) is 4.87. The van der Waals surface area contributed by atoms with Crippen LogP contribution >= 0.6 is 12.4 Å². The van der Waals surface area contributed by atoms with Gasteiger partial charge in [0.05, 0.1) is 11.1 Å². The second-order valence-corrected chi connectivity index (χ2v) is 6.38. The largest absolute Gasteiger partial charge is 0.341 e. The highest BCUT2D eigenvalue weighted by atomic mass is 35.5. The van der Waals surface area contributed by atoms with Crippen molar-refractivity contribution >= 4 is 24.0 Å². The number of rotatable bonds is 4. The molecule has 0 saturated carbocycles. The Balaban J connectivity index is 0.00000208. The van der Waals surface area contributed by atoms with Crippen LogP contribution in [0, 0.1) is 10.1 Å². The second-order valence-electron chi connectivity index (χ2n) is 6.38. The van der Waals surface area contributed by atoms with Crippen molar-refractivity contribution < 1.29 is 9.72 Å². The van der Waals surface area contributed by atoms with E-state index in [1.165, 1.54) is 0 Å². The van der Waals surface area contributed by atoms with Crippen molar-refractivity contribution in [3.63, 3.8) is 0 Å². The molecule has 2 aliphatic rings. The van der Waals surface area contributed by atoms with Crippen molar-refractivity contribution in [2.24, 2.45) is 0 Å². The monoisotopic (exact) mass is 356 g/mol. The van der Waals surface area contributed by atoms with E-state index in [4.69, 9.17) is 0 Å². The first kappa shape index (κ1) is 18.4. The van der Waals surface area contributed by atoms with Gasteiger partial charge in [-0.05, 0) is 25.7 Å². The Morgan fingerprint density at radius 1 is 1.38 bits per heavy atom. The Morgan fingerprint density at radius 3 is 2.58 bits per heavy atom. The summed E-state index contributed by atoms with van der Waals surface area (Å²) in [5.41, 5.74) is -0.609. The van der Waals surface area contributed by atoms with Gasteiger partial charge in [0.15, 0.2) is 0 Å². The molecule has 3 rings (SSSR count). The predicted molar refractivity (Wildman–Crippen MR) is 90.3 cm³/mol. The first-order chi connectivity index (χ1) is 10.9. The summed E-state index contributed by atoms with van der Waals surface area (Å²) in [5, 5.41) is 14.3. The van der Waals surface area contributed by atoms with Crippen LogP contribution in [0.4, 0.5) is 5.69 Å². The highest BCUT2D eigenvalue weighted by Crippen LogP contribution is 2.29. The van der Waals surface area contributed by atoms with E-state index in [1.54, 1.807) is 11.9 Å². The number of nitro groups is 1. The molecule has 1 N–H and O–H groups in total. The molecule has 1 aromatic rings. The summed E-state index contributed by atoms with van der Waals surface area (Å²) in [6.45, 7) is -0.170. The zero-order valence-electron chi connectivity index (χ0n) is 13.4. The molecule has 3 heterocycles. The van der Waals surface area contributed by atoms with E-state index < -0.39 is 10.5 Å². The molecule has 2 bridgehead atoms. The number of aromatic nitrogens is 1. The van der Waals surface area contributed by atoms with E-state index in [-0.39, 0.29) is 36.6 Å². The number of nitrogens with one attached hydrogen (secondary N) is 1. The van der Waals surface area contributed by atoms with E-state index in [2.05, 4.69) is 5.32 Å². The minimum Gasteiger partial charge on any atom is -0.341 e. The summed E-state index contributed by atoms with van der Waals surface area (Å²) in [7, 11) is 1.75. The van der Waals surface area contributed by atoms with Gasteiger partial charge in [-0.3, -0.25) is 24.3 Å². The molecule has 0 radical (unpaired) electrons. The van der Waals surface area contributed by atoms with Crippen LogP contribution in [0.25, 0.3) is 0 Å². The van der Waals surface area contributed by atoms with Crippen LogP contribution in [-0.2, 0) is 11.3 Å². The molecule has 1 amide bonds. The van der Waals surface area contributed by atoms with Crippen LogP contribution in [-0.4, -0.2) is 45.5 Å². The lowest BCUT2D eigenvalue weighted by molar-refractivity contribution is -0.385. The standard InChI is InChI=1S/C15H20N4O4.ClH/c1-17(13-6-10-2-3-11(7-13)16-10)15(21)9-18-8-12(19(22)23)4-5-14(18)20;/h4-5,8,10-11,13,16H,2-3,6-7,9H2,1H3;1H. The topological polar surface area (TPSA) is 97.5 Å². The highest BCUT2D eigenvalue weighted by molar-refractivity contribution is 5.85. The molecule has 9 heteroatoms. The quantitative estimate of drug-likeness (QED) is 0.639. The maximum absolute atomic E-state index is 12.5. The number of piperidine rings is 1. The predicted octanol–water partition coefficient (Wildman–Crippen LogP) is 0.920. The molecule has 8 nitrogen and oxygen atoms in total. The number of hydrogen-bond donors (Lipinski definition) is 1. The summed E-state index contributed by atoms with van der Waals surface area (Å²) >= 11 is 0. The molecule has 2 fully saturated rings. The normalized spacial score (nSPS) is 25.0. The van der Waals surface area contributed by atoms with Gasteiger partial charge >= 0.3 is 0 Å². The number of likely N-dealkylation sites (N-methyl/N-ethyl adjacent to an activating group) is 1. The van der Waals surface area contributed by atoms with E-state index in [9.17, 15) is 19.7 Å². The van der Waals surface area contributed by atoms with Crippen LogP contribution < -0.4 is 10.9 Å². The third-order valence-electron chi connectivity index (χ3n) is 4.87. The van der Waals surface area contributed by atoms with Crippen LogP contribution in [0.3, 0.4) is 0 Å². The molecule has 2 unspecified atom stereocenters. The van der Waals surface area contributed by atoms with Crippen LogP contribution in [0.5, 0.6) is 0 Å². The minimum absolute atomic E-state index is 0. The Morgan fingerprint density at radius 2 is 2.00 bits per heavy atom. The average molecular weight is 357 g/mol. The van der Waals surface area contributed by atoms with Crippen molar-refractivity contribution in [1.82, 2.24) is 14.8 Å². The number of carbonyl (C=O) groups is 1. The summed E-state index contributed by atoms with van der Waals surface area (Å²) in [6.07, 6.45) is 5.26. The lowest BCUT2D eigenvalue weighted by atomic mass is 9.98. The number of hydrogen-bond acceptors (Lipinski definition) is 5. The van der Waals surface area contributed by atoms with Gasteiger partial charge in [-0.25, -0.2) is 0 Å². The highest BCUT2D eigenvalue weighted by Gasteiger charge is 2.36. The number of pyridine rings is 1. The first-order valence-corrected chi connectivity index (χ1v) is 7.80. The Bertz CT molecular complexity index is 680. The summed E-state index contributed by atoms with van der Waals surface area (Å²) < 4.78 is 1.10. The van der Waals surface area contributed by atoms with Gasteiger partial charge in [-0.2, -0.15) is 0 Å². The molecule has 0 spiro atoms. The summed E-state index contributed by atoms with van der Waals surface area (Å²) in [4.78, 5) is 36.2. The number of fused-ring (bicyclic) bond motifs is 2. The maximum atomic E-state index is 12.5. The molecule has 24 heavy (non-hydrogen) atoms. The van der Waals surface area contributed by atoms with Gasteiger partial charge in [0.25, 0.3) is 11.2 Å². The average Bonchev–Trinajstić information content (AvgIpc) is 2.86. The lowest BCUT2D eigenvalue weighted by Crippen LogP contribution is -2.49. The molecular formula is C15H21ClN4O4. The van der Waals surface area contributed by atoms with Crippen LogP contribution in [0.15, 0.2) is 23.1 Å². The third kappa shape index (κ3) is 3.76. The van der Waals surface area contributed by atoms with Crippen LogP contribution in [0.1, 0.15) is 25.7 Å². The molecule has 2 atom stereocenters. The summed E-state index contributed by atoms with van der Waals surface area (Å²) in [5.74, 6) is -0.195. The Labute approximate surface area is 145 Å². The second kappa shape index (κ2) is 7.31. The zero-order chi connectivity index (χ0) is 16.6. The van der Waals surface area contributed by atoms with E-state index in [0.717, 1.165) is 48.6 Å². The number of carbonyl (C=O) groups excluding carboxylic acids is 1. The van der Waals surface area contributed by atoms with Gasteiger partial charge in [0, 0.05) is 37.3 Å². The fraction of sp³-hybridized carbons (Fsp3) is 0.600. The molecule has 2 aliphatic heterocycles. The van der Waals surface area contributed by atoms with E-state index in [1.807, 2.05) is 0 Å². The van der Waals surface area contributed by atoms with E-state index in [0.29, 0.717) is 12.1 Å². The Kier molecular flexibility index (Phi) is 5.61. The SMILES string of the molecule is CN(C(=O)Cn1cc([N+](=O)[O-])ccc1=O)C1CC2CCC(C1)N2.Cl. The van der Waals surface area contributed by atoms with Gasteiger partial charge in [-0.1, -0.05) is 0 Å². The summed E-state index contributed by atoms with van der Waals surface area (Å²) in [6, 6.07) is 3.37. The first-order valence-electron chi connectivity index (χ1n) is 7.80. The number of nitrogens with zero attached hydrogens (tertiary/aromatic N) is 3. The Hall–Kier alpha value is -1.93. The fourth-order valence-corrected chi connectivity index (χ4v) is 3.55. The molecule has 132 valence electrons. The minimum atomic E-state index is -0.575. The van der Waals surface area contributed by atoms with Crippen molar-refractivity contribution in [3.05, 3.63) is 38.8 Å². The molecular weight excluding hydrogens is 336 g/mol. The number of halogens is 1. The van der Waals surface area contributed by atoms with Crippen molar-refractivity contribution in [2.45, 2.75) is 50.4 Å². The lowest BCUT2D eigenvalue weighted by Gasteiger charge is -2.35. The van der Waals surface area contributed by atoms with Gasteiger partial charge in [0.1, 0.15) is 6.54 Å². The zero-order valence-corrected chi connectivity index (χ0v) is 14.2. The smallest absolute Gasteiger partial charge is 0.285 e. The van der Waals surface area contributed by atoms with Crippen molar-refractivity contribution in [2.75, 3.05) is 7.05 Å². The molecule has 0 aliphatic carbocycles. The van der Waals surface area contributed by atoms with Crippen molar-refractivity contribution in [1.29, 1.82) is 0 Å². The maximum Gasteiger partial charge on any atom is 0.285 e. The fourth-order valence-electron chi connectivity index (χ4n) is 3.55. The van der Waals surface area contributed by atoms with Crippen LogP contribution in [0.2, 0.25) is 0 Å². The molecule has 0 aromatic carbocycles. The van der Waals surface area contributed by atoms with Gasteiger partial charge in [0.2, 0.25) is 5.91 Å².